The Morgan fingerprint density at radius 3 is 2.39 bits per heavy atom. The zero-order chi connectivity index (χ0) is 16.9. The topological polar surface area (TPSA) is 20.2 Å². The Bertz CT molecular complexity index is 807. The van der Waals surface area contributed by atoms with E-state index < -0.39 is 14.2 Å². The van der Waals surface area contributed by atoms with Gasteiger partial charge in [-0.25, -0.2) is 0 Å². The summed E-state index contributed by atoms with van der Waals surface area (Å²) in [7, 11) is -1.50. The maximum absolute atomic E-state index is 10.4. The molecule has 0 bridgehead atoms. The average molecular weight is 318 g/mol. The van der Waals surface area contributed by atoms with Gasteiger partial charge < -0.3 is 5.11 Å². The maximum atomic E-state index is 10.4. The molecule has 116 valence electrons. The molecule has 0 aliphatic carbocycles. The first-order valence-corrected chi connectivity index (χ1v) is 11.2. The zero-order valence-electron chi connectivity index (χ0n) is 14.1. The van der Waals surface area contributed by atoms with Crippen LogP contribution in [0.4, 0.5) is 0 Å². The minimum absolute atomic E-state index is 0.776. The van der Waals surface area contributed by atoms with Crippen molar-refractivity contribution in [2.45, 2.75) is 32.7 Å². The number of hydrogen-bond donors (Lipinski definition) is 1. The molecule has 0 fully saturated rings. The van der Waals surface area contributed by atoms with Crippen LogP contribution < -0.4 is 0 Å². The molecular weight excluding hydrogens is 296 g/mol. The van der Waals surface area contributed by atoms with Crippen molar-refractivity contribution in [2.75, 3.05) is 0 Å². The molecule has 23 heavy (non-hydrogen) atoms. The Labute approximate surface area is 140 Å². The maximum Gasteiger partial charge on any atom is 0.140 e. The van der Waals surface area contributed by atoms with Gasteiger partial charge >= 0.3 is 0 Å². The van der Waals surface area contributed by atoms with Crippen molar-refractivity contribution in [2.24, 2.45) is 0 Å². The molecule has 0 aliphatic heterocycles. The summed E-state index contributed by atoms with van der Waals surface area (Å²) in [5, 5.41) is 10.4. The SMILES string of the molecule is Cc1cccc(C#Cc2ccccc2C(O)C#C[Si](C)(C)C)c1. The van der Waals surface area contributed by atoms with E-state index in [1.807, 2.05) is 36.4 Å². The lowest BCUT2D eigenvalue weighted by Gasteiger charge is -2.09. The first kappa shape index (κ1) is 17.1. The third-order valence-corrected chi connectivity index (χ3v) is 4.09. The van der Waals surface area contributed by atoms with Crippen molar-refractivity contribution in [3.63, 3.8) is 0 Å². The number of aliphatic hydroxyl groups is 1. The Hall–Kier alpha value is -2.26. The lowest BCUT2D eigenvalue weighted by atomic mass is 10.0. The lowest BCUT2D eigenvalue weighted by Crippen LogP contribution is -2.17. The average Bonchev–Trinajstić information content (AvgIpc) is 2.50. The Balaban J connectivity index is 2.33. The summed E-state index contributed by atoms with van der Waals surface area (Å²) in [5.41, 5.74) is 6.98. The van der Waals surface area contributed by atoms with E-state index in [0.29, 0.717) is 0 Å². The molecule has 1 N–H and O–H groups in total. The van der Waals surface area contributed by atoms with Gasteiger partial charge in [0.05, 0.1) is 0 Å². The summed E-state index contributed by atoms with van der Waals surface area (Å²) in [6.45, 7) is 8.54. The second-order valence-electron chi connectivity index (χ2n) is 6.63. The van der Waals surface area contributed by atoms with Crippen molar-refractivity contribution in [1.29, 1.82) is 0 Å². The van der Waals surface area contributed by atoms with Gasteiger partial charge in [0, 0.05) is 16.7 Å². The van der Waals surface area contributed by atoms with Crippen LogP contribution in [0.1, 0.15) is 28.4 Å². The predicted molar refractivity (Wildman–Crippen MR) is 99.7 cm³/mol. The monoisotopic (exact) mass is 318 g/mol. The molecule has 0 radical (unpaired) electrons. The van der Waals surface area contributed by atoms with Gasteiger partial charge in [-0.1, -0.05) is 67.7 Å². The second kappa shape index (κ2) is 7.33. The molecule has 0 spiro atoms. The van der Waals surface area contributed by atoms with Gasteiger partial charge in [-0.2, -0.15) is 0 Å². The highest BCUT2D eigenvalue weighted by atomic mass is 28.3. The normalized spacial score (nSPS) is 11.7. The van der Waals surface area contributed by atoms with E-state index in [9.17, 15) is 5.11 Å². The van der Waals surface area contributed by atoms with Crippen molar-refractivity contribution in [3.05, 3.63) is 70.8 Å². The number of aryl methyl sites for hydroxylation is 1. The third kappa shape index (κ3) is 5.46. The quantitative estimate of drug-likeness (QED) is 0.613. The van der Waals surface area contributed by atoms with E-state index >= 15 is 0 Å². The number of hydrogen-bond acceptors (Lipinski definition) is 1. The van der Waals surface area contributed by atoms with Crippen LogP contribution in [0.2, 0.25) is 19.6 Å². The summed E-state index contributed by atoms with van der Waals surface area (Å²) >= 11 is 0. The van der Waals surface area contributed by atoms with Crippen molar-refractivity contribution in [1.82, 2.24) is 0 Å². The summed E-state index contributed by atoms with van der Waals surface area (Å²) < 4.78 is 0. The molecule has 2 heteroatoms. The minimum Gasteiger partial charge on any atom is -0.376 e. The Kier molecular flexibility index (Phi) is 5.45. The molecule has 1 atom stereocenters. The van der Waals surface area contributed by atoms with E-state index in [2.05, 4.69) is 62.0 Å². The van der Waals surface area contributed by atoms with Crippen LogP contribution in [0.3, 0.4) is 0 Å². The second-order valence-corrected chi connectivity index (χ2v) is 11.4. The molecule has 2 rings (SSSR count). The lowest BCUT2D eigenvalue weighted by molar-refractivity contribution is 0.238. The smallest absolute Gasteiger partial charge is 0.140 e. The first-order valence-electron chi connectivity index (χ1n) is 7.73. The van der Waals surface area contributed by atoms with Crippen molar-refractivity contribution in [3.8, 4) is 23.3 Å². The molecule has 0 heterocycles. The summed E-state index contributed by atoms with van der Waals surface area (Å²) in [4.78, 5) is 0. The molecule has 2 aromatic carbocycles. The fourth-order valence-corrected chi connectivity index (χ4v) is 2.64. The van der Waals surface area contributed by atoms with Gasteiger partial charge in [-0.3, -0.25) is 0 Å². The van der Waals surface area contributed by atoms with Crippen LogP contribution in [-0.2, 0) is 0 Å². The van der Waals surface area contributed by atoms with Gasteiger partial charge in [0.1, 0.15) is 14.2 Å². The van der Waals surface area contributed by atoms with Gasteiger partial charge in [0.25, 0.3) is 0 Å². The first-order chi connectivity index (χ1) is 10.8. The predicted octanol–water partition coefficient (Wildman–Crippen LogP) is 4.31. The molecule has 1 nitrogen and oxygen atoms in total. The fourth-order valence-electron chi connectivity index (χ4n) is 2.07. The number of aliphatic hydroxyl groups excluding tert-OH is 1. The van der Waals surface area contributed by atoms with Crippen LogP contribution in [0.5, 0.6) is 0 Å². The van der Waals surface area contributed by atoms with Crippen molar-refractivity contribution >= 4 is 8.07 Å². The fraction of sp³-hybridized carbons (Fsp3) is 0.238. The molecule has 2 aromatic rings. The van der Waals surface area contributed by atoms with Crippen LogP contribution in [-0.4, -0.2) is 13.2 Å². The Morgan fingerprint density at radius 2 is 1.70 bits per heavy atom. The Morgan fingerprint density at radius 1 is 0.957 bits per heavy atom. The number of rotatable bonds is 1. The molecule has 1 unspecified atom stereocenters. The van der Waals surface area contributed by atoms with Crippen molar-refractivity contribution < 1.29 is 5.11 Å². The molecule has 0 aliphatic rings. The van der Waals surface area contributed by atoms with E-state index in [1.54, 1.807) is 0 Å². The number of benzene rings is 2. The minimum atomic E-state index is -1.50. The standard InChI is InChI=1S/C21H22OSi/c1-17-8-7-9-18(16-17)12-13-19-10-5-6-11-20(19)21(22)14-15-23(2,3)4/h5-11,16,21-22H,1-4H3. The van der Waals surface area contributed by atoms with Crippen LogP contribution >= 0.6 is 0 Å². The van der Waals surface area contributed by atoms with Gasteiger partial charge in [0.2, 0.25) is 0 Å². The molecule has 0 saturated carbocycles. The third-order valence-electron chi connectivity index (χ3n) is 3.20. The molecule has 0 amide bonds. The van der Waals surface area contributed by atoms with Gasteiger partial charge in [-0.15, -0.1) is 5.54 Å². The highest BCUT2D eigenvalue weighted by Gasteiger charge is 2.11. The van der Waals surface area contributed by atoms with Crippen LogP contribution in [0.25, 0.3) is 0 Å². The highest BCUT2D eigenvalue weighted by molar-refractivity contribution is 6.83. The van der Waals surface area contributed by atoms with Crippen LogP contribution in [0, 0.1) is 30.2 Å². The summed E-state index contributed by atoms with van der Waals surface area (Å²) in [5.74, 6) is 9.32. The van der Waals surface area contributed by atoms with E-state index in [4.69, 9.17) is 0 Å². The molecular formula is C21H22OSi. The summed E-state index contributed by atoms with van der Waals surface area (Å²) in [6.07, 6.45) is -0.787. The van der Waals surface area contributed by atoms with E-state index in [-0.39, 0.29) is 0 Å². The largest absolute Gasteiger partial charge is 0.376 e. The molecule has 0 saturated heterocycles. The molecule has 0 aromatic heterocycles. The van der Waals surface area contributed by atoms with Crippen LogP contribution in [0.15, 0.2) is 48.5 Å². The van der Waals surface area contributed by atoms with Gasteiger partial charge in [-0.05, 0) is 30.7 Å². The van der Waals surface area contributed by atoms with E-state index in [0.717, 1.165) is 16.7 Å². The van der Waals surface area contributed by atoms with E-state index in [1.165, 1.54) is 5.56 Å². The van der Waals surface area contributed by atoms with Gasteiger partial charge in [0.15, 0.2) is 0 Å². The zero-order valence-corrected chi connectivity index (χ0v) is 15.1. The summed E-state index contributed by atoms with van der Waals surface area (Å²) in [6, 6.07) is 15.8. The highest BCUT2D eigenvalue weighted by Crippen LogP contribution is 2.17.